The van der Waals surface area contributed by atoms with Gasteiger partial charge in [0.2, 0.25) is 0 Å². The fourth-order valence-electron chi connectivity index (χ4n) is 3.10. The summed E-state index contributed by atoms with van der Waals surface area (Å²) < 4.78 is 5.13. The highest BCUT2D eigenvalue weighted by atomic mass is 32.2. The molecule has 0 unspecified atom stereocenters. The standard InChI is InChI=1S/C24H19N3O4S/c28-22(25-19-12-6-7-13-21(19)32-16-8-2-1-3-9-16)15-31-23(29)14-20-17-10-4-5-11-18(17)24(30)27-26-20/h1-13H,14-15H2,(H,25,28)(H,27,30). The third-order valence-electron chi connectivity index (χ3n) is 4.58. The van der Waals surface area contributed by atoms with Crippen LogP contribution >= 0.6 is 11.8 Å². The van der Waals surface area contributed by atoms with Crippen molar-refractivity contribution in [1.82, 2.24) is 10.2 Å². The van der Waals surface area contributed by atoms with E-state index in [9.17, 15) is 14.4 Å². The highest BCUT2D eigenvalue weighted by Gasteiger charge is 2.14. The maximum absolute atomic E-state index is 12.4. The molecule has 0 aliphatic rings. The van der Waals surface area contributed by atoms with Gasteiger partial charge < -0.3 is 10.1 Å². The number of aromatic amines is 1. The zero-order chi connectivity index (χ0) is 22.3. The summed E-state index contributed by atoms with van der Waals surface area (Å²) in [6.45, 7) is -0.426. The van der Waals surface area contributed by atoms with E-state index in [1.807, 2.05) is 48.5 Å². The van der Waals surface area contributed by atoms with Gasteiger partial charge in [0.25, 0.3) is 11.5 Å². The molecule has 0 aliphatic heterocycles. The summed E-state index contributed by atoms with van der Waals surface area (Å²) in [5.74, 6) is -1.06. The van der Waals surface area contributed by atoms with E-state index in [2.05, 4.69) is 15.5 Å². The number of fused-ring (bicyclic) bond motifs is 1. The van der Waals surface area contributed by atoms with Crippen molar-refractivity contribution in [3.63, 3.8) is 0 Å². The number of anilines is 1. The zero-order valence-electron chi connectivity index (χ0n) is 16.9. The lowest BCUT2D eigenvalue weighted by Crippen LogP contribution is -2.22. The number of carbonyl (C=O) groups excluding carboxylic acids is 2. The van der Waals surface area contributed by atoms with Crippen molar-refractivity contribution >= 4 is 40.1 Å². The van der Waals surface area contributed by atoms with Crippen LogP contribution in [0.5, 0.6) is 0 Å². The molecule has 0 aliphatic carbocycles. The molecule has 4 rings (SSSR count). The molecule has 1 heterocycles. The second-order valence-corrected chi connectivity index (χ2v) is 7.96. The molecule has 0 atom stereocenters. The molecule has 0 radical (unpaired) electrons. The minimum absolute atomic E-state index is 0.162. The Hall–Kier alpha value is -3.91. The van der Waals surface area contributed by atoms with E-state index in [0.29, 0.717) is 22.2 Å². The van der Waals surface area contributed by atoms with E-state index < -0.39 is 18.5 Å². The third kappa shape index (κ3) is 5.22. The summed E-state index contributed by atoms with van der Waals surface area (Å²) in [7, 11) is 0. The lowest BCUT2D eigenvalue weighted by atomic mass is 10.1. The molecule has 8 heteroatoms. The number of rotatable bonds is 7. The van der Waals surface area contributed by atoms with Crippen LogP contribution in [0.15, 0.2) is 93.4 Å². The van der Waals surface area contributed by atoms with Crippen LogP contribution in [0.1, 0.15) is 5.69 Å². The second-order valence-electron chi connectivity index (χ2n) is 6.84. The van der Waals surface area contributed by atoms with Crippen LogP contribution in [0.3, 0.4) is 0 Å². The van der Waals surface area contributed by atoms with Gasteiger partial charge in [0.05, 0.1) is 23.2 Å². The first-order valence-corrected chi connectivity index (χ1v) is 10.7. The number of carbonyl (C=O) groups is 2. The first kappa shape index (κ1) is 21.3. The van der Waals surface area contributed by atoms with Crippen LogP contribution in [0.25, 0.3) is 10.8 Å². The molecule has 160 valence electrons. The van der Waals surface area contributed by atoms with Crippen LogP contribution in [-0.4, -0.2) is 28.7 Å². The van der Waals surface area contributed by atoms with Gasteiger partial charge in [-0.1, -0.05) is 60.3 Å². The SMILES string of the molecule is O=C(COC(=O)Cc1n[nH]c(=O)c2ccccc12)Nc1ccccc1Sc1ccccc1. The first-order chi connectivity index (χ1) is 15.6. The molecule has 0 spiro atoms. The van der Waals surface area contributed by atoms with Gasteiger partial charge in [-0.05, 0) is 30.3 Å². The van der Waals surface area contributed by atoms with Crippen LogP contribution in [0.2, 0.25) is 0 Å². The number of ether oxygens (including phenoxy) is 1. The first-order valence-electron chi connectivity index (χ1n) is 9.84. The maximum atomic E-state index is 12.4. The van der Waals surface area contributed by atoms with Crippen molar-refractivity contribution in [2.24, 2.45) is 0 Å². The monoisotopic (exact) mass is 445 g/mol. The predicted octanol–water partition coefficient (Wildman–Crippen LogP) is 3.80. The molecular formula is C24H19N3O4S. The number of H-pyrrole nitrogens is 1. The summed E-state index contributed by atoms with van der Waals surface area (Å²) in [5, 5.41) is 10.1. The summed E-state index contributed by atoms with van der Waals surface area (Å²) in [4.78, 5) is 38.4. The Morgan fingerprint density at radius 2 is 1.59 bits per heavy atom. The number of nitrogens with zero attached hydrogens (tertiary/aromatic N) is 1. The van der Waals surface area contributed by atoms with Gasteiger partial charge in [0.15, 0.2) is 6.61 Å². The summed E-state index contributed by atoms with van der Waals surface area (Å²) >= 11 is 1.52. The molecule has 0 fully saturated rings. The molecule has 0 bridgehead atoms. The molecular weight excluding hydrogens is 426 g/mol. The number of benzene rings is 3. The molecule has 1 aromatic heterocycles. The Kier molecular flexibility index (Phi) is 6.62. The Morgan fingerprint density at radius 3 is 2.41 bits per heavy atom. The number of hydrogen-bond donors (Lipinski definition) is 2. The van der Waals surface area contributed by atoms with Crippen LogP contribution in [-0.2, 0) is 20.7 Å². The average molecular weight is 446 g/mol. The molecule has 7 nitrogen and oxygen atoms in total. The number of esters is 1. The van der Waals surface area contributed by atoms with E-state index in [1.165, 1.54) is 11.8 Å². The Morgan fingerprint density at radius 1 is 0.906 bits per heavy atom. The van der Waals surface area contributed by atoms with E-state index in [1.54, 1.807) is 30.3 Å². The van der Waals surface area contributed by atoms with Crippen molar-refractivity contribution in [2.75, 3.05) is 11.9 Å². The Bertz CT molecular complexity index is 1320. The van der Waals surface area contributed by atoms with E-state index >= 15 is 0 Å². The zero-order valence-corrected chi connectivity index (χ0v) is 17.7. The number of amides is 1. The molecule has 2 N–H and O–H groups in total. The quantitative estimate of drug-likeness (QED) is 0.420. The minimum atomic E-state index is -0.614. The average Bonchev–Trinajstić information content (AvgIpc) is 2.82. The largest absolute Gasteiger partial charge is 0.455 e. The number of nitrogens with one attached hydrogen (secondary N) is 2. The summed E-state index contributed by atoms with van der Waals surface area (Å²) in [6.07, 6.45) is -0.162. The minimum Gasteiger partial charge on any atom is -0.455 e. The molecule has 3 aromatic carbocycles. The highest BCUT2D eigenvalue weighted by molar-refractivity contribution is 7.99. The van der Waals surface area contributed by atoms with Crippen molar-refractivity contribution < 1.29 is 14.3 Å². The number of para-hydroxylation sites is 1. The van der Waals surface area contributed by atoms with E-state index in [0.717, 1.165) is 9.79 Å². The third-order valence-corrected chi connectivity index (χ3v) is 5.67. The van der Waals surface area contributed by atoms with Crippen molar-refractivity contribution in [3.8, 4) is 0 Å². The molecule has 32 heavy (non-hydrogen) atoms. The molecule has 0 saturated heterocycles. The topological polar surface area (TPSA) is 101 Å². The molecule has 0 saturated carbocycles. The normalized spacial score (nSPS) is 10.6. The van der Waals surface area contributed by atoms with Gasteiger partial charge in [-0.25, -0.2) is 5.10 Å². The summed E-state index contributed by atoms with van der Waals surface area (Å²) in [6, 6.07) is 24.1. The van der Waals surface area contributed by atoms with Gasteiger partial charge in [0.1, 0.15) is 0 Å². The fraction of sp³-hybridized carbons (Fsp3) is 0.0833. The van der Waals surface area contributed by atoms with E-state index in [-0.39, 0.29) is 12.0 Å². The highest BCUT2D eigenvalue weighted by Crippen LogP contribution is 2.33. The number of aromatic nitrogens is 2. The Labute approximate surface area is 187 Å². The lowest BCUT2D eigenvalue weighted by molar-refractivity contribution is -0.146. The summed E-state index contributed by atoms with van der Waals surface area (Å²) in [5.41, 5.74) is 0.690. The Balaban J connectivity index is 1.36. The van der Waals surface area contributed by atoms with Crippen LogP contribution < -0.4 is 10.9 Å². The fourth-order valence-corrected chi connectivity index (χ4v) is 4.02. The van der Waals surface area contributed by atoms with Crippen molar-refractivity contribution in [1.29, 1.82) is 0 Å². The molecule has 1 amide bonds. The molecule has 4 aromatic rings. The smallest absolute Gasteiger partial charge is 0.312 e. The van der Waals surface area contributed by atoms with Crippen LogP contribution in [0, 0.1) is 0 Å². The second kappa shape index (κ2) is 9.93. The van der Waals surface area contributed by atoms with Gasteiger partial charge in [-0.15, -0.1) is 0 Å². The number of hydrogen-bond acceptors (Lipinski definition) is 6. The van der Waals surface area contributed by atoms with E-state index in [4.69, 9.17) is 4.74 Å². The maximum Gasteiger partial charge on any atom is 0.312 e. The van der Waals surface area contributed by atoms with Gasteiger partial charge in [-0.3, -0.25) is 14.4 Å². The lowest BCUT2D eigenvalue weighted by Gasteiger charge is -2.11. The van der Waals surface area contributed by atoms with Crippen LogP contribution in [0.4, 0.5) is 5.69 Å². The van der Waals surface area contributed by atoms with Gasteiger partial charge in [0, 0.05) is 15.2 Å². The predicted molar refractivity (Wildman–Crippen MR) is 123 cm³/mol. The van der Waals surface area contributed by atoms with Gasteiger partial charge in [-0.2, -0.15) is 5.10 Å². The van der Waals surface area contributed by atoms with Gasteiger partial charge >= 0.3 is 5.97 Å². The van der Waals surface area contributed by atoms with Crippen molar-refractivity contribution in [2.45, 2.75) is 16.2 Å². The van der Waals surface area contributed by atoms with Crippen molar-refractivity contribution in [3.05, 3.63) is 94.9 Å².